The van der Waals surface area contributed by atoms with E-state index in [1.807, 2.05) is 0 Å². The van der Waals surface area contributed by atoms with Gasteiger partial charge < -0.3 is 5.32 Å². The average molecular weight is 517 g/mol. The van der Waals surface area contributed by atoms with Crippen LogP contribution < -0.4 is 5.32 Å². The minimum Gasteiger partial charge on any atom is -0.351 e. The molecule has 1 atom stereocenters. The molecule has 0 radical (unpaired) electrons. The van der Waals surface area contributed by atoms with E-state index in [2.05, 4.69) is 37.9 Å². The summed E-state index contributed by atoms with van der Waals surface area (Å²) >= 11 is 0. The zero-order valence-electron chi connectivity index (χ0n) is 19.3. The first-order chi connectivity index (χ1) is 15.0. The van der Waals surface area contributed by atoms with Crippen LogP contribution in [0.4, 0.5) is 0 Å². The summed E-state index contributed by atoms with van der Waals surface area (Å²) in [6.45, 7) is 9.42. The van der Waals surface area contributed by atoms with Gasteiger partial charge in [0.1, 0.15) is 5.25 Å². The highest BCUT2D eigenvalue weighted by molar-refractivity contribution is 8.25. The predicted octanol–water partition coefficient (Wildman–Crippen LogP) is 4.60. The van der Waals surface area contributed by atoms with E-state index in [0.717, 1.165) is 0 Å². The molecular formula is C23H33ClN2O5S2. The van der Waals surface area contributed by atoms with Crippen LogP contribution in [0, 0.1) is 0 Å². The number of sulfone groups is 1. The number of carbonyl (C=O) groups excluding carboxylic acids is 1. The minimum atomic E-state index is -3.92. The Morgan fingerprint density at radius 2 is 1.67 bits per heavy atom. The summed E-state index contributed by atoms with van der Waals surface area (Å²) in [4.78, 5) is 15.5. The molecule has 1 aliphatic rings. The Morgan fingerprint density at radius 1 is 1.06 bits per heavy atom. The number of hydrogen-bond donors (Lipinski definition) is 3. The fraction of sp³-hybridized carbons (Fsp3) is 0.435. The van der Waals surface area contributed by atoms with E-state index in [-0.39, 0.29) is 39.1 Å². The zero-order chi connectivity index (χ0) is 23.7. The standard InChI is InChI=1S/C23H32N2O5S2.ClH/c1-16(2)25(17(3)4)14-13-24-23(26)19-11-8-12-20-22(19)21(15-31(20,27)28)32(29,30)18-9-6-5-7-10-18;/h5-12,16-17,21,27-28H,13-15H2,1-4H3,(H,24,26);1H. The number of benzene rings is 2. The number of nitrogens with one attached hydrogen (secondary N) is 1. The molecule has 2 aromatic rings. The van der Waals surface area contributed by atoms with Crippen molar-refractivity contribution in [2.75, 3.05) is 18.8 Å². The second-order valence-electron chi connectivity index (χ2n) is 8.58. The molecule has 0 aromatic heterocycles. The number of fused-ring (bicyclic) bond motifs is 1. The van der Waals surface area contributed by atoms with E-state index >= 15 is 0 Å². The monoisotopic (exact) mass is 516 g/mol. The van der Waals surface area contributed by atoms with Crippen molar-refractivity contribution in [1.82, 2.24) is 10.2 Å². The highest BCUT2D eigenvalue weighted by Gasteiger charge is 2.45. The summed E-state index contributed by atoms with van der Waals surface area (Å²) < 4.78 is 48.0. The lowest BCUT2D eigenvalue weighted by molar-refractivity contribution is 0.0938. The van der Waals surface area contributed by atoms with Gasteiger partial charge in [0.2, 0.25) is 0 Å². The van der Waals surface area contributed by atoms with Crippen molar-refractivity contribution in [2.45, 2.75) is 54.8 Å². The van der Waals surface area contributed by atoms with Gasteiger partial charge in [-0.1, -0.05) is 24.3 Å². The van der Waals surface area contributed by atoms with Gasteiger partial charge in [0.25, 0.3) is 5.91 Å². The lowest BCUT2D eigenvalue weighted by Crippen LogP contribution is -2.42. The Bertz CT molecular complexity index is 1070. The van der Waals surface area contributed by atoms with Gasteiger partial charge in [-0.25, -0.2) is 8.42 Å². The molecule has 7 nitrogen and oxygen atoms in total. The van der Waals surface area contributed by atoms with Gasteiger partial charge in [-0.3, -0.25) is 18.8 Å². The quantitative estimate of drug-likeness (QED) is 0.473. The second-order valence-corrected chi connectivity index (χ2v) is 12.8. The van der Waals surface area contributed by atoms with Crippen molar-refractivity contribution < 1.29 is 22.3 Å². The number of rotatable bonds is 8. The van der Waals surface area contributed by atoms with Crippen molar-refractivity contribution >= 4 is 38.7 Å². The lowest BCUT2D eigenvalue weighted by Gasteiger charge is -2.30. The molecule has 3 rings (SSSR count). The maximum Gasteiger partial charge on any atom is 0.251 e. The van der Waals surface area contributed by atoms with Gasteiger partial charge in [-0.15, -0.1) is 12.4 Å². The molecule has 0 saturated heterocycles. The molecule has 1 unspecified atom stereocenters. The van der Waals surface area contributed by atoms with E-state index in [1.54, 1.807) is 30.3 Å². The third-order valence-electron chi connectivity index (χ3n) is 5.80. The molecule has 1 heterocycles. The van der Waals surface area contributed by atoms with E-state index in [4.69, 9.17) is 0 Å². The predicted molar refractivity (Wildman–Crippen MR) is 135 cm³/mol. The van der Waals surface area contributed by atoms with E-state index in [9.17, 15) is 22.3 Å². The Kier molecular flexibility index (Phi) is 9.00. The van der Waals surface area contributed by atoms with Gasteiger partial charge in [0.05, 0.1) is 15.5 Å². The maximum absolute atomic E-state index is 13.4. The third-order valence-corrected chi connectivity index (χ3v) is 9.95. The molecule has 10 heteroatoms. The van der Waals surface area contributed by atoms with Crippen LogP contribution in [0.25, 0.3) is 0 Å². The molecule has 184 valence electrons. The van der Waals surface area contributed by atoms with Crippen molar-refractivity contribution in [3.05, 3.63) is 59.7 Å². The first kappa shape index (κ1) is 27.6. The fourth-order valence-corrected chi connectivity index (χ4v) is 8.73. The lowest BCUT2D eigenvalue weighted by atomic mass is 10.0. The molecule has 1 aliphatic heterocycles. The first-order valence-corrected chi connectivity index (χ1v) is 13.9. The van der Waals surface area contributed by atoms with E-state index in [1.165, 1.54) is 18.2 Å². The molecule has 0 spiro atoms. The van der Waals surface area contributed by atoms with Gasteiger partial charge >= 0.3 is 0 Å². The van der Waals surface area contributed by atoms with Crippen LogP contribution in [-0.4, -0.2) is 59.3 Å². The Labute approximate surface area is 204 Å². The minimum absolute atomic E-state index is 0. The molecule has 3 N–H and O–H groups in total. The molecule has 2 aromatic carbocycles. The fourth-order valence-electron chi connectivity index (χ4n) is 4.27. The second kappa shape index (κ2) is 10.8. The van der Waals surface area contributed by atoms with Crippen LogP contribution in [0.2, 0.25) is 0 Å². The summed E-state index contributed by atoms with van der Waals surface area (Å²) in [7, 11) is -7.25. The van der Waals surface area contributed by atoms with Crippen LogP contribution in [-0.2, 0) is 9.84 Å². The first-order valence-electron chi connectivity index (χ1n) is 10.7. The SMILES string of the molecule is CC(C)N(CCNC(=O)c1cccc2c1C(S(=O)(=O)c1ccccc1)CS2(O)O)C(C)C.Cl. The summed E-state index contributed by atoms with van der Waals surface area (Å²) in [5, 5.41) is 1.68. The van der Waals surface area contributed by atoms with Crippen LogP contribution >= 0.6 is 23.0 Å². The maximum atomic E-state index is 13.4. The smallest absolute Gasteiger partial charge is 0.251 e. The summed E-state index contributed by atoms with van der Waals surface area (Å²) in [6, 6.07) is 13.2. The van der Waals surface area contributed by atoms with Crippen LogP contribution in [0.5, 0.6) is 0 Å². The Morgan fingerprint density at radius 3 is 2.24 bits per heavy atom. The average Bonchev–Trinajstić information content (AvgIpc) is 3.03. The molecule has 0 fully saturated rings. The summed E-state index contributed by atoms with van der Waals surface area (Å²) in [5.41, 5.74) is 0.364. The van der Waals surface area contributed by atoms with Crippen LogP contribution in [0.3, 0.4) is 0 Å². The van der Waals surface area contributed by atoms with Crippen molar-refractivity contribution in [1.29, 1.82) is 0 Å². The van der Waals surface area contributed by atoms with Crippen LogP contribution in [0.1, 0.15) is 48.9 Å². The molecule has 1 amide bonds. The number of carbonyl (C=O) groups is 1. The summed E-state index contributed by atoms with van der Waals surface area (Å²) in [5.74, 6) is -0.766. The van der Waals surface area contributed by atoms with Crippen LogP contribution in [0.15, 0.2) is 58.3 Å². The van der Waals surface area contributed by atoms with Gasteiger partial charge in [-0.2, -0.15) is 10.6 Å². The Balaban J connectivity index is 0.00000385. The molecular weight excluding hydrogens is 484 g/mol. The molecule has 33 heavy (non-hydrogen) atoms. The van der Waals surface area contributed by atoms with Gasteiger partial charge in [0, 0.05) is 36.3 Å². The van der Waals surface area contributed by atoms with E-state index in [0.29, 0.717) is 25.2 Å². The van der Waals surface area contributed by atoms with Crippen molar-refractivity contribution in [3.8, 4) is 0 Å². The summed E-state index contributed by atoms with van der Waals surface area (Å²) in [6.07, 6.45) is 0. The topological polar surface area (TPSA) is 107 Å². The zero-order valence-corrected chi connectivity index (χ0v) is 21.7. The normalized spacial score (nSPS) is 18.2. The molecule has 0 aliphatic carbocycles. The molecule has 0 bridgehead atoms. The van der Waals surface area contributed by atoms with Crippen molar-refractivity contribution in [2.24, 2.45) is 0 Å². The Hall–Kier alpha value is -1.62. The number of nitrogens with zero attached hydrogens (tertiary/aromatic N) is 1. The number of hydrogen-bond acceptors (Lipinski definition) is 6. The third kappa shape index (κ3) is 5.72. The number of halogens is 1. The highest BCUT2D eigenvalue weighted by Crippen LogP contribution is 2.62. The van der Waals surface area contributed by atoms with Gasteiger partial charge in [-0.05, 0) is 52.0 Å². The largest absolute Gasteiger partial charge is 0.351 e. The molecule has 0 saturated carbocycles. The van der Waals surface area contributed by atoms with Gasteiger partial charge in [0.15, 0.2) is 9.84 Å². The van der Waals surface area contributed by atoms with E-state index < -0.39 is 31.6 Å². The van der Waals surface area contributed by atoms with Crippen molar-refractivity contribution in [3.63, 3.8) is 0 Å². The highest BCUT2D eigenvalue weighted by atomic mass is 35.5. The number of amides is 1.